The Labute approximate surface area is 286 Å². The fourth-order valence-electron chi connectivity index (χ4n) is 6.71. The average Bonchev–Trinajstić information content (AvgIpc) is 2.98. The van der Waals surface area contributed by atoms with E-state index in [4.69, 9.17) is 9.47 Å². The van der Waals surface area contributed by atoms with Crippen molar-refractivity contribution in [1.29, 1.82) is 0 Å². The molecule has 0 atom stereocenters. The van der Waals surface area contributed by atoms with Gasteiger partial charge >= 0.3 is 12.2 Å². The van der Waals surface area contributed by atoms with Gasteiger partial charge in [-0.1, -0.05) is 0 Å². The number of nitrogens with one attached hydrogen (secondary N) is 3. The van der Waals surface area contributed by atoms with Crippen molar-refractivity contribution in [1.82, 2.24) is 30.7 Å². The molecule has 0 radical (unpaired) electrons. The Morgan fingerprint density at radius 1 is 0.660 bits per heavy atom. The largest absolute Gasteiger partial charge is 0.444 e. The number of carbonyl (C=O) groups excluding carboxylic acids is 3. The Morgan fingerprint density at radius 2 is 1.06 bits per heavy atom. The van der Waals surface area contributed by atoms with Gasteiger partial charge in [0.2, 0.25) is 0 Å². The Kier molecular flexibility index (Phi) is 17.5. The quantitative estimate of drug-likeness (QED) is 0.366. The Bertz CT molecular complexity index is 915. The van der Waals surface area contributed by atoms with Gasteiger partial charge in [0.15, 0.2) is 0 Å². The van der Waals surface area contributed by atoms with Crippen LogP contribution in [0.3, 0.4) is 0 Å². The second kappa shape index (κ2) is 19.9. The van der Waals surface area contributed by atoms with Gasteiger partial charge in [-0.15, -0.1) is 0 Å². The number of ether oxygens (including phenoxy) is 2. The molecular formula is C36H70N6O5. The molecule has 2 aliphatic carbocycles. The molecule has 4 rings (SSSR count). The molecule has 0 unspecified atom stereocenters. The lowest BCUT2D eigenvalue weighted by Crippen LogP contribution is -2.49. The van der Waals surface area contributed by atoms with Crippen molar-refractivity contribution in [2.75, 3.05) is 54.4 Å². The lowest BCUT2D eigenvalue weighted by Gasteiger charge is -2.42. The van der Waals surface area contributed by atoms with Crippen LogP contribution in [0.5, 0.6) is 0 Å². The zero-order chi connectivity index (χ0) is 35.2. The summed E-state index contributed by atoms with van der Waals surface area (Å²) in [6, 6.07) is 2.65. The van der Waals surface area contributed by atoms with Gasteiger partial charge in [-0.25, -0.2) is 9.59 Å². The van der Waals surface area contributed by atoms with Crippen LogP contribution in [0.1, 0.15) is 119 Å². The number of rotatable bonds is 5. The molecule has 0 aromatic rings. The molecule has 2 saturated heterocycles. The lowest BCUT2D eigenvalue weighted by atomic mass is 9.88. The minimum atomic E-state index is -0.464. The van der Waals surface area contributed by atoms with E-state index in [1.165, 1.54) is 64.7 Å². The number of hydrogen-bond acceptors (Lipinski definition) is 9. The second-order valence-corrected chi connectivity index (χ2v) is 16.3. The molecule has 0 aromatic carbocycles. The number of likely N-dealkylation sites (tertiary alicyclic amines) is 1. The number of ketones is 1. The monoisotopic (exact) mass is 667 g/mol. The summed E-state index contributed by atoms with van der Waals surface area (Å²) in [7, 11) is 8.70. The first kappa shape index (κ1) is 41.2. The highest BCUT2D eigenvalue weighted by molar-refractivity contribution is 5.79. The molecule has 4 fully saturated rings. The predicted octanol–water partition coefficient (Wildman–Crippen LogP) is 5.17. The highest BCUT2D eigenvalue weighted by Gasteiger charge is 2.30. The third-order valence-corrected chi connectivity index (χ3v) is 9.47. The van der Waals surface area contributed by atoms with E-state index in [0.29, 0.717) is 18.9 Å². The van der Waals surface area contributed by atoms with Crippen LogP contribution in [0.15, 0.2) is 0 Å². The van der Waals surface area contributed by atoms with Gasteiger partial charge in [-0.3, -0.25) is 4.79 Å². The summed E-state index contributed by atoms with van der Waals surface area (Å²) in [6.45, 7) is 16.0. The zero-order valence-corrected chi connectivity index (χ0v) is 31.6. The first-order valence-electron chi connectivity index (χ1n) is 18.2. The van der Waals surface area contributed by atoms with E-state index >= 15 is 0 Å². The van der Waals surface area contributed by atoms with Gasteiger partial charge in [0.25, 0.3) is 0 Å². The smallest absolute Gasteiger partial charge is 0.407 e. The average molecular weight is 667 g/mol. The maximum Gasteiger partial charge on any atom is 0.407 e. The van der Waals surface area contributed by atoms with Crippen molar-refractivity contribution in [3.8, 4) is 0 Å². The summed E-state index contributed by atoms with van der Waals surface area (Å²) in [5.41, 5.74) is -0.882. The Hall–Kier alpha value is -1.95. The Balaban J connectivity index is 0.000000273. The summed E-state index contributed by atoms with van der Waals surface area (Å²) in [5.74, 6) is 0.289. The number of Topliss-reactive ketones (excluding diaryl/α,β-unsaturated/α-hetero) is 1. The highest BCUT2D eigenvalue weighted by atomic mass is 16.6. The SMILES string of the molecule is CC(C)(C)OC(=O)NC1CCC(=O)CC1.CN(C)C1CCN(C2CCC(NC(=O)OC(C)(C)C)CC2)CC1.CN(C)C1CCNCC1. The van der Waals surface area contributed by atoms with Crippen LogP contribution in [-0.2, 0) is 14.3 Å². The molecule has 0 aromatic heterocycles. The molecule has 0 spiro atoms. The standard InChI is InChI=1S/C18H35N3O2.C11H19NO3.C7H16N2/c1-18(2,3)23-17(22)19-14-6-8-16(9-7-14)21-12-10-15(11-13-21)20(4)5;1-11(2,3)15-10(14)12-8-4-6-9(13)7-5-8;1-9(2)7-3-5-8-6-4-7/h14-16H,6-13H2,1-5H3,(H,19,22);8H,4-7H2,1-3H3,(H,12,14);7-8H,3-6H2,1-2H3. The molecular weight excluding hydrogens is 596 g/mol. The summed E-state index contributed by atoms with van der Waals surface area (Å²) in [5, 5.41) is 9.16. The summed E-state index contributed by atoms with van der Waals surface area (Å²) in [6.07, 6.45) is 11.6. The van der Waals surface area contributed by atoms with Crippen LogP contribution < -0.4 is 16.0 Å². The van der Waals surface area contributed by atoms with E-state index < -0.39 is 11.2 Å². The van der Waals surface area contributed by atoms with Crippen molar-refractivity contribution >= 4 is 18.0 Å². The number of carbonyl (C=O) groups is 3. The molecule has 2 heterocycles. The normalized spacial score (nSPS) is 24.0. The maximum absolute atomic E-state index is 11.9. The fraction of sp³-hybridized carbons (Fsp3) is 0.917. The first-order valence-corrected chi connectivity index (χ1v) is 18.2. The molecule has 2 aliphatic heterocycles. The summed E-state index contributed by atoms with van der Waals surface area (Å²) < 4.78 is 10.5. The zero-order valence-electron chi connectivity index (χ0n) is 31.6. The summed E-state index contributed by atoms with van der Waals surface area (Å²) >= 11 is 0. The number of hydrogen-bond donors (Lipinski definition) is 3. The minimum Gasteiger partial charge on any atom is -0.444 e. The van der Waals surface area contributed by atoms with Crippen LogP contribution >= 0.6 is 0 Å². The lowest BCUT2D eigenvalue weighted by molar-refractivity contribution is -0.120. The molecule has 274 valence electrons. The third-order valence-electron chi connectivity index (χ3n) is 9.47. The second-order valence-electron chi connectivity index (χ2n) is 16.3. The van der Waals surface area contributed by atoms with Crippen LogP contribution in [0.4, 0.5) is 9.59 Å². The van der Waals surface area contributed by atoms with E-state index in [-0.39, 0.29) is 30.1 Å². The van der Waals surface area contributed by atoms with Crippen LogP contribution in [0.25, 0.3) is 0 Å². The van der Waals surface area contributed by atoms with Crippen LogP contribution in [0, 0.1) is 0 Å². The van der Waals surface area contributed by atoms with Crippen molar-refractivity contribution < 1.29 is 23.9 Å². The van der Waals surface area contributed by atoms with Gasteiger partial charge in [0, 0.05) is 43.1 Å². The topological polar surface area (TPSA) is 115 Å². The first-order chi connectivity index (χ1) is 21.9. The molecule has 2 amide bonds. The van der Waals surface area contributed by atoms with Gasteiger partial charge in [0.1, 0.15) is 17.0 Å². The number of amides is 2. The molecule has 3 N–H and O–H groups in total. The number of nitrogens with zero attached hydrogens (tertiary/aromatic N) is 3. The third kappa shape index (κ3) is 17.9. The van der Waals surface area contributed by atoms with Crippen molar-refractivity contribution in [2.24, 2.45) is 0 Å². The minimum absolute atomic E-state index is 0.0950. The fourth-order valence-corrected chi connectivity index (χ4v) is 6.71. The molecule has 0 bridgehead atoms. The van der Waals surface area contributed by atoms with E-state index in [1.807, 2.05) is 41.5 Å². The molecule has 4 aliphatic rings. The highest BCUT2D eigenvalue weighted by Crippen LogP contribution is 2.27. The van der Waals surface area contributed by atoms with Crippen molar-refractivity contribution in [2.45, 2.75) is 160 Å². The molecule has 11 heteroatoms. The van der Waals surface area contributed by atoms with E-state index in [1.54, 1.807) is 0 Å². The summed E-state index contributed by atoms with van der Waals surface area (Å²) in [4.78, 5) is 41.6. The van der Waals surface area contributed by atoms with Gasteiger partial charge in [0.05, 0.1) is 0 Å². The van der Waals surface area contributed by atoms with Crippen LogP contribution in [0.2, 0.25) is 0 Å². The Morgan fingerprint density at radius 3 is 1.45 bits per heavy atom. The number of piperidine rings is 2. The van der Waals surface area contributed by atoms with Gasteiger partial charge < -0.3 is 40.1 Å². The molecule has 2 saturated carbocycles. The maximum atomic E-state index is 11.9. The van der Waals surface area contributed by atoms with Crippen molar-refractivity contribution in [3.63, 3.8) is 0 Å². The number of alkyl carbamates (subject to hydrolysis) is 2. The van der Waals surface area contributed by atoms with E-state index in [0.717, 1.165) is 37.8 Å². The van der Waals surface area contributed by atoms with E-state index in [9.17, 15) is 14.4 Å². The van der Waals surface area contributed by atoms with Gasteiger partial charge in [-0.2, -0.15) is 0 Å². The van der Waals surface area contributed by atoms with Crippen molar-refractivity contribution in [3.05, 3.63) is 0 Å². The predicted molar refractivity (Wildman–Crippen MR) is 190 cm³/mol. The van der Waals surface area contributed by atoms with Gasteiger partial charge in [-0.05, 0) is 160 Å². The van der Waals surface area contributed by atoms with Crippen LogP contribution in [-0.4, -0.2) is 128 Å². The van der Waals surface area contributed by atoms with E-state index in [2.05, 4.69) is 58.8 Å². The molecule has 11 nitrogen and oxygen atoms in total. The molecule has 47 heavy (non-hydrogen) atoms.